The lowest BCUT2D eigenvalue weighted by Gasteiger charge is -2.22. The van der Waals surface area contributed by atoms with Gasteiger partial charge in [0.15, 0.2) is 0 Å². The van der Waals surface area contributed by atoms with Crippen LogP contribution in [0.3, 0.4) is 0 Å². The summed E-state index contributed by atoms with van der Waals surface area (Å²) in [5.41, 5.74) is 0. The minimum atomic E-state index is -0.170. The molecule has 0 saturated heterocycles. The van der Waals surface area contributed by atoms with Crippen LogP contribution in [0.15, 0.2) is 12.4 Å². The van der Waals surface area contributed by atoms with Crippen LogP contribution in [0.2, 0.25) is 0 Å². The highest BCUT2D eigenvalue weighted by Gasteiger charge is 2.15. The van der Waals surface area contributed by atoms with Crippen molar-refractivity contribution in [1.29, 1.82) is 0 Å². The zero-order chi connectivity index (χ0) is 10.5. The van der Waals surface area contributed by atoms with Crippen LogP contribution in [0.5, 0.6) is 0 Å². The molecule has 1 saturated carbocycles. The van der Waals surface area contributed by atoms with E-state index in [2.05, 4.69) is 20.6 Å². The Kier molecular flexibility index (Phi) is 3.22. The molecule has 15 heavy (non-hydrogen) atoms. The van der Waals surface area contributed by atoms with Crippen LogP contribution in [-0.4, -0.2) is 22.0 Å². The quantitative estimate of drug-likeness (QED) is 0.694. The molecule has 0 spiro atoms. The highest BCUT2D eigenvalue weighted by Crippen LogP contribution is 2.17. The molecular formula is C10H16N4O. The molecule has 1 aromatic rings. The summed E-state index contributed by atoms with van der Waals surface area (Å²) < 4.78 is 0. The number of hydrogen-bond donors (Lipinski definition) is 3. The Bertz CT molecular complexity index is 303. The number of imidazole rings is 1. The first-order valence-electron chi connectivity index (χ1n) is 5.41. The average Bonchev–Trinajstić information content (AvgIpc) is 2.71. The Labute approximate surface area is 88.7 Å². The second-order valence-corrected chi connectivity index (χ2v) is 3.87. The predicted octanol–water partition coefficient (Wildman–Crippen LogP) is 1.86. The maximum absolute atomic E-state index is 11.5. The SMILES string of the molecule is O=C(Nc1ncc[nH]1)NC1CCCCC1. The molecule has 0 bridgehead atoms. The molecule has 0 aromatic carbocycles. The van der Waals surface area contributed by atoms with Crippen molar-refractivity contribution in [2.75, 3.05) is 5.32 Å². The fourth-order valence-corrected chi connectivity index (χ4v) is 1.91. The van der Waals surface area contributed by atoms with Crippen LogP contribution in [0.25, 0.3) is 0 Å². The molecule has 2 amide bonds. The fraction of sp³-hybridized carbons (Fsp3) is 0.600. The monoisotopic (exact) mass is 208 g/mol. The number of carbonyl (C=O) groups excluding carboxylic acids is 1. The number of amides is 2. The van der Waals surface area contributed by atoms with Gasteiger partial charge in [0.25, 0.3) is 0 Å². The van der Waals surface area contributed by atoms with Crippen molar-refractivity contribution in [2.24, 2.45) is 0 Å². The summed E-state index contributed by atoms with van der Waals surface area (Å²) >= 11 is 0. The zero-order valence-electron chi connectivity index (χ0n) is 8.62. The average molecular weight is 208 g/mol. The van der Waals surface area contributed by atoms with Gasteiger partial charge in [-0.2, -0.15) is 0 Å². The lowest BCUT2D eigenvalue weighted by Crippen LogP contribution is -2.39. The van der Waals surface area contributed by atoms with Gasteiger partial charge in [0.1, 0.15) is 0 Å². The molecule has 1 aromatic heterocycles. The smallest absolute Gasteiger partial charge is 0.321 e. The molecule has 0 aliphatic heterocycles. The third-order valence-corrected chi connectivity index (χ3v) is 2.67. The normalized spacial score (nSPS) is 17.3. The number of H-pyrrole nitrogens is 1. The van der Waals surface area contributed by atoms with E-state index in [9.17, 15) is 4.79 Å². The van der Waals surface area contributed by atoms with Crippen molar-refractivity contribution in [3.8, 4) is 0 Å². The van der Waals surface area contributed by atoms with Crippen molar-refractivity contribution in [3.63, 3.8) is 0 Å². The van der Waals surface area contributed by atoms with Gasteiger partial charge in [0.05, 0.1) is 0 Å². The molecule has 5 nitrogen and oxygen atoms in total. The second-order valence-electron chi connectivity index (χ2n) is 3.87. The molecule has 3 N–H and O–H groups in total. The van der Waals surface area contributed by atoms with Crippen LogP contribution in [-0.2, 0) is 0 Å². The Morgan fingerprint density at radius 3 is 2.87 bits per heavy atom. The standard InChI is InChI=1S/C10H16N4O/c15-10(14-9-11-6-7-12-9)13-8-4-2-1-3-5-8/h6-8H,1-5H2,(H3,11,12,13,14,15). The van der Waals surface area contributed by atoms with E-state index < -0.39 is 0 Å². The van der Waals surface area contributed by atoms with E-state index >= 15 is 0 Å². The summed E-state index contributed by atoms with van der Waals surface area (Å²) in [5.74, 6) is 0.489. The number of aromatic amines is 1. The number of anilines is 1. The predicted molar refractivity (Wildman–Crippen MR) is 57.6 cm³/mol. The van der Waals surface area contributed by atoms with Crippen molar-refractivity contribution < 1.29 is 4.79 Å². The summed E-state index contributed by atoms with van der Waals surface area (Å²) in [7, 11) is 0. The Morgan fingerprint density at radius 1 is 1.40 bits per heavy atom. The number of aromatic nitrogens is 2. The van der Waals surface area contributed by atoms with Gasteiger partial charge in [-0.1, -0.05) is 19.3 Å². The number of hydrogen-bond acceptors (Lipinski definition) is 2. The second kappa shape index (κ2) is 4.82. The minimum Gasteiger partial charge on any atom is -0.335 e. The molecule has 0 radical (unpaired) electrons. The van der Waals surface area contributed by atoms with Gasteiger partial charge >= 0.3 is 6.03 Å². The van der Waals surface area contributed by atoms with Crippen molar-refractivity contribution in [3.05, 3.63) is 12.4 Å². The molecule has 0 atom stereocenters. The van der Waals surface area contributed by atoms with E-state index in [1.54, 1.807) is 12.4 Å². The Balaban J connectivity index is 1.76. The Hall–Kier alpha value is -1.52. The number of nitrogens with one attached hydrogen (secondary N) is 3. The van der Waals surface area contributed by atoms with Crippen LogP contribution < -0.4 is 10.6 Å². The Morgan fingerprint density at radius 2 is 2.20 bits per heavy atom. The molecule has 0 unspecified atom stereocenters. The number of urea groups is 1. The highest BCUT2D eigenvalue weighted by atomic mass is 16.2. The van der Waals surface area contributed by atoms with E-state index in [4.69, 9.17) is 0 Å². The van der Waals surface area contributed by atoms with E-state index in [1.807, 2.05) is 0 Å². The summed E-state index contributed by atoms with van der Waals surface area (Å²) in [6.45, 7) is 0. The molecular weight excluding hydrogens is 192 g/mol. The van der Waals surface area contributed by atoms with Crippen molar-refractivity contribution in [1.82, 2.24) is 15.3 Å². The lowest BCUT2D eigenvalue weighted by atomic mass is 9.96. The summed E-state index contributed by atoms with van der Waals surface area (Å²) in [4.78, 5) is 18.2. The van der Waals surface area contributed by atoms with Crippen molar-refractivity contribution >= 4 is 12.0 Å². The third kappa shape index (κ3) is 2.97. The summed E-state index contributed by atoms with van der Waals surface area (Å²) in [6.07, 6.45) is 9.18. The molecule has 1 heterocycles. The van der Waals surface area contributed by atoms with Gasteiger partial charge in [-0.25, -0.2) is 9.78 Å². The van der Waals surface area contributed by atoms with Gasteiger partial charge in [-0.3, -0.25) is 5.32 Å². The van der Waals surface area contributed by atoms with E-state index in [0.29, 0.717) is 12.0 Å². The third-order valence-electron chi connectivity index (χ3n) is 2.67. The summed E-state index contributed by atoms with van der Waals surface area (Å²) in [5, 5.41) is 5.60. The van der Waals surface area contributed by atoms with Gasteiger partial charge in [-0.05, 0) is 12.8 Å². The van der Waals surface area contributed by atoms with Gasteiger partial charge in [-0.15, -0.1) is 0 Å². The number of carbonyl (C=O) groups is 1. The van der Waals surface area contributed by atoms with E-state index in [-0.39, 0.29) is 6.03 Å². The van der Waals surface area contributed by atoms with Crippen LogP contribution >= 0.6 is 0 Å². The van der Waals surface area contributed by atoms with Crippen molar-refractivity contribution in [2.45, 2.75) is 38.1 Å². The fourth-order valence-electron chi connectivity index (χ4n) is 1.91. The van der Waals surface area contributed by atoms with E-state index in [0.717, 1.165) is 12.8 Å². The molecule has 1 fully saturated rings. The van der Waals surface area contributed by atoms with Crippen LogP contribution in [0, 0.1) is 0 Å². The zero-order valence-corrected chi connectivity index (χ0v) is 8.62. The first-order valence-corrected chi connectivity index (χ1v) is 5.41. The topological polar surface area (TPSA) is 69.8 Å². The molecule has 1 aliphatic rings. The van der Waals surface area contributed by atoms with Crippen LogP contribution in [0.4, 0.5) is 10.7 Å². The molecule has 1 aliphatic carbocycles. The largest absolute Gasteiger partial charge is 0.335 e. The van der Waals surface area contributed by atoms with Gasteiger partial charge < -0.3 is 10.3 Å². The summed E-state index contributed by atoms with van der Waals surface area (Å²) in [6, 6.07) is 0.158. The number of rotatable bonds is 2. The maximum Gasteiger partial charge on any atom is 0.321 e. The van der Waals surface area contributed by atoms with E-state index in [1.165, 1.54) is 19.3 Å². The maximum atomic E-state index is 11.5. The minimum absolute atomic E-state index is 0.170. The molecule has 5 heteroatoms. The molecule has 82 valence electrons. The first kappa shape index (κ1) is 10.0. The lowest BCUT2D eigenvalue weighted by molar-refractivity contribution is 0.244. The van der Waals surface area contributed by atoms with Crippen LogP contribution in [0.1, 0.15) is 32.1 Å². The number of nitrogens with zero attached hydrogens (tertiary/aromatic N) is 1. The first-order chi connectivity index (χ1) is 7.34. The molecule has 2 rings (SSSR count). The van der Waals surface area contributed by atoms with Gasteiger partial charge in [0, 0.05) is 18.4 Å². The highest BCUT2D eigenvalue weighted by molar-refractivity contribution is 5.87. The van der Waals surface area contributed by atoms with Gasteiger partial charge in [0.2, 0.25) is 5.95 Å².